The SMILES string of the molecule is CCCOCCCC(=O)C1CCCC1. The summed E-state index contributed by atoms with van der Waals surface area (Å²) in [6, 6.07) is 0. The lowest BCUT2D eigenvalue weighted by Gasteiger charge is -2.07. The second kappa shape index (κ2) is 6.99. The molecule has 0 unspecified atom stereocenters. The van der Waals surface area contributed by atoms with Gasteiger partial charge in [0.15, 0.2) is 0 Å². The summed E-state index contributed by atoms with van der Waals surface area (Å²) in [4.78, 5) is 11.6. The minimum atomic E-state index is 0.390. The van der Waals surface area contributed by atoms with E-state index in [1.807, 2.05) is 0 Å². The van der Waals surface area contributed by atoms with Crippen LogP contribution in [0.15, 0.2) is 0 Å². The predicted octanol–water partition coefficient (Wildman–Crippen LogP) is 2.95. The fraction of sp³-hybridized carbons (Fsp3) is 0.917. The number of hydrogen-bond donors (Lipinski definition) is 0. The zero-order chi connectivity index (χ0) is 10.2. The average Bonchev–Trinajstić information content (AvgIpc) is 2.70. The Labute approximate surface area is 87.0 Å². The van der Waals surface area contributed by atoms with Gasteiger partial charge in [-0.25, -0.2) is 0 Å². The molecular weight excluding hydrogens is 176 g/mol. The van der Waals surface area contributed by atoms with Crippen molar-refractivity contribution >= 4 is 5.78 Å². The van der Waals surface area contributed by atoms with Crippen LogP contribution in [0.4, 0.5) is 0 Å². The highest BCUT2D eigenvalue weighted by Gasteiger charge is 2.21. The Morgan fingerprint density at radius 1 is 1.29 bits per heavy atom. The first-order valence-corrected chi connectivity index (χ1v) is 5.95. The molecule has 1 rings (SSSR count). The molecule has 0 N–H and O–H groups in total. The van der Waals surface area contributed by atoms with Gasteiger partial charge in [0.2, 0.25) is 0 Å². The molecule has 0 radical (unpaired) electrons. The van der Waals surface area contributed by atoms with E-state index in [0.717, 1.165) is 45.3 Å². The molecule has 2 nitrogen and oxygen atoms in total. The summed E-state index contributed by atoms with van der Waals surface area (Å²) >= 11 is 0. The monoisotopic (exact) mass is 198 g/mol. The van der Waals surface area contributed by atoms with Crippen molar-refractivity contribution < 1.29 is 9.53 Å². The summed E-state index contributed by atoms with van der Waals surface area (Å²) in [5.41, 5.74) is 0. The maximum absolute atomic E-state index is 11.6. The molecule has 0 aromatic heterocycles. The smallest absolute Gasteiger partial charge is 0.136 e. The Morgan fingerprint density at radius 3 is 2.64 bits per heavy atom. The zero-order valence-corrected chi connectivity index (χ0v) is 9.26. The van der Waals surface area contributed by atoms with Gasteiger partial charge < -0.3 is 4.74 Å². The Balaban J connectivity index is 1.97. The van der Waals surface area contributed by atoms with Crippen molar-refractivity contribution in [2.45, 2.75) is 51.9 Å². The molecule has 0 aromatic rings. The van der Waals surface area contributed by atoms with Crippen molar-refractivity contribution in [3.05, 3.63) is 0 Å². The molecule has 82 valence electrons. The second-order valence-electron chi connectivity index (χ2n) is 4.16. The number of ether oxygens (including phenoxy) is 1. The third kappa shape index (κ3) is 4.23. The van der Waals surface area contributed by atoms with Crippen molar-refractivity contribution in [1.29, 1.82) is 0 Å². The molecule has 1 fully saturated rings. The van der Waals surface area contributed by atoms with Crippen LogP contribution in [0.25, 0.3) is 0 Å². The first-order chi connectivity index (χ1) is 6.84. The van der Waals surface area contributed by atoms with Gasteiger partial charge in [-0.2, -0.15) is 0 Å². The number of ketones is 1. The van der Waals surface area contributed by atoms with Gasteiger partial charge in [0.1, 0.15) is 5.78 Å². The Hall–Kier alpha value is -0.370. The van der Waals surface area contributed by atoms with Crippen LogP contribution in [0.2, 0.25) is 0 Å². The van der Waals surface area contributed by atoms with Gasteiger partial charge >= 0.3 is 0 Å². The lowest BCUT2D eigenvalue weighted by molar-refractivity contribution is -0.123. The molecular formula is C12H22O2. The van der Waals surface area contributed by atoms with E-state index in [2.05, 4.69) is 6.92 Å². The molecule has 0 heterocycles. The van der Waals surface area contributed by atoms with E-state index in [4.69, 9.17) is 4.74 Å². The number of carbonyl (C=O) groups is 1. The quantitative estimate of drug-likeness (QED) is 0.588. The molecule has 0 aliphatic heterocycles. The van der Waals surface area contributed by atoms with Crippen LogP contribution in [-0.4, -0.2) is 19.0 Å². The van der Waals surface area contributed by atoms with Crippen molar-refractivity contribution in [2.75, 3.05) is 13.2 Å². The standard InChI is InChI=1S/C12H22O2/c1-2-9-14-10-5-8-12(13)11-6-3-4-7-11/h11H,2-10H2,1H3. The van der Waals surface area contributed by atoms with Crippen molar-refractivity contribution in [3.8, 4) is 0 Å². The molecule has 0 saturated heterocycles. The molecule has 0 spiro atoms. The molecule has 1 aliphatic carbocycles. The van der Waals surface area contributed by atoms with Crippen LogP contribution in [-0.2, 0) is 9.53 Å². The van der Waals surface area contributed by atoms with Crippen LogP contribution < -0.4 is 0 Å². The summed E-state index contributed by atoms with van der Waals surface area (Å²) < 4.78 is 5.34. The molecule has 0 bridgehead atoms. The highest BCUT2D eigenvalue weighted by atomic mass is 16.5. The maximum Gasteiger partial charge on any atom is 0.136 e. The van der Waals surface area contributed by atoms with Crippen LogP contribution >= 0.6 is 0 Å². The van der Waals surface area contributed by atoms with E-state index in [9.17, 15) is 4.79 Å². The molecule has 0 atom stereocenters. The average molecular weight is 198 g/mol. The van der Waals surface area contributed by atoms with E-state index < -0.39 is 0 Å². The van der Waals surface area contributed by atoms with Crippen LogP contribution in [0.1, 0.15) is 51.9 Å². The van der Waals surface area contributed by atoms with E-state index in [0.29, 0.717) is 11.7 Å². The molecule has 14 heavy (non-hydrogen) atoms. The van der Waals surface area contributed by atoms with Crippen LogP contribution in [0, 0.1) is 5.92 Å². The lowest BCUT2D eigenvalue weighted by Crippen LogP contribution is -2.11. The predicted molar refractivity (Wildman–Crippen MR) is 57.3 cm³/mol. The Morgan fingerprint density at radius 2 is 2.00 bits per heavy atom. The van der Waals surface area contributed by atoms with Gasteiger partial charge in [-0.15, -0.1) is 0 Å². The fourth-order valence-corrected chi connectivity index (χ4v) is 2.05. The van der Waals surface area contributed by atoms with E-state index >= 15 is 0 Å². The molecule has 2 heteroatoms. The highest BCUT2D eigenvalue weighted by Crippen LogP contribution is 2.26. The van der Waals surface area contributed by atoms with Crippen molar-refractivity contribution in [3.63, 3.8) is 0 Å². The topological polar surface area (TPSA) is 26.3 Å². The number of Topliss-reactive ketones (excluding diaryl/α,β-unsaturated/α-hetero) is 1. The Kier molecular flexibility index (Phi) is 5.85. The second-order valence-corrected chi connectivity index (χ2v) is 4.16. The number of rotatable bonds is 7. The minimum absolute atomic E-state index is 0.390. The van der Waals surface area contributed by atoms with Gasteiger partial charge in [-0.3, -0.25) is 4.79 Å². The Bertz CT molecular complexity index is 160. The summed E-state index contributed by atoms with van der Waals surface area (Å²) in [6.07, 6.45) is 7.48. The van der Waals surface area contributed by atoms with Gasteiger partial charge in [0, 0.05) is 25.6 Å². The molecule has 1 saturated carbocycles. The van der Waals surface area contributed by atoms with Crippen molar-refractivity contribution in [2.24, 2.45) is 5.92 Å². The third-order valence-electron chi connectivity index (χ3n) is 2.87. The largest absolute Gasteiger partial charge is 0.381 e. The van der Waals surface area contributed by atoms with E-state index in [1.54, 1.807) is 0 Å². The van der Waals surface area contributed by atoms with Gasteiger partial charge in [-0.05, 0) is 25.7 Å². The number of hydrogen-bond acceptors (Lipinski definition) is 2. The molecule has 0 aromatic carbocycles. The van der Waals surface area contributed by atoms with E-state index in [-0.39, 0.29) is 0 Å². The summed E-state index contributed by atoms with van der Waals surface area (Å²) in [5.74, 6) is 0.865. The van der Waals surface area contributed by atoms with Gasteiger partial charge in [0.05, 0.1) is 0 Å². The summed E-state index contributed by atoms with van der Waals surface area (Å²) in [5, 5.41) is 0. The van der Waals surface area contributed by atoms with Gasteiger partial charge in [0.25, 0.3) is 0 Å². The highest BCUT2D eigenvalue weighted by molar-refractivity contribution is 5.81. The third-order valence-corrected chi connectivity index (χ3v) is 2.87. The minimum Gasteiger partial charge on any atom is -0.381 e. The normalized spacial score (nSPS) is 17.5. The molecule has 1 aliphatic rings. The fourth-order valence-electron chi connectivity index (χ4n) is 2.05. The van der Waals surface area contributed by atoms with Crippen LogP contribution in [0.5, 0.6) is 0 Å². The van der Waals surface area contributed by atoms with E-state index in [1.165, 1.54) is 12.8 Å². The first kappa shape index (κ1) is 11.7. The van der Waals surface area contributed by atoms with Crippen molar-refractivity contribution in [1.82, 2.24) is 0 Å². The van der Waals surface area contributed by atoms with Crippen LogP contribution in [0.3, 0.4) is 0 Å². The lowest BCUT2D eigenvalue weighted by atomic mass is 9.99. The first-order valence-electron chi connectivity index (χ1n) is 5.95. The maximum atomic E-state index is 11.6. The number of carbonyl (C=O) groups excluding carboxylic acids is 1. The van der Waals surface area contributed by atoms with Gasteiger partial charge in [-0.1, -0.05) is 19.8 Å². The zero-order valence-electron chi connectivity index (χ0n) is 9.26. The summed E-state index contributed by atoms with van der Waals surface area (Å²) in [7, 11) is 0. The summed E-state index contributed by atoms with van der Waals surface area (Å²) in [6.45, 7) is 3.69. The molecule has 0 amide bonds.